The van der Waals surface area contributed by atoms with E-state index in [9.17, 15) is 4.79 Å². The van der Waals surface area contributed by atoms with E-state index in [1.807, 2.05) is 12.1 Å². The molecule has 0 spiro atoms. The van der Waals surface area contributed by atoms with Crippen molar-refractivity contribution in [2.45, 2.75) is 0 Å². The van der Waals surface area contributed by atoms with Crippen molar-refractivity contribution in [3.63, 3.8) is 0 Å². The summed E-state index contributed by atoms with van der Waals surface area (Å²) in [7, 11) is 1.40. The first-order valence-corrected chi connectivity index (χ1v) is 5.80. The summed E-state index contributed by atoms with van der Waals surface area (Å²) in [5.41, 5.74) is 0.637. The quantitative estimate of drug-likeness (QED) is 0.441. The fourth-order valence-corrected chi connectivity index (χ4v) is 1.77. The summed E-state index contributed by atoms with van der Waals surface area (Å²) >= 11 is 3.12. The minimum absolute atomic E-state index is 0.263. The van der Waals surface area contributed by atoms with Gasteiger partial charge in [-0.25, -0.2) is 0 Å². The molecule has 0 N–H and O–H groups in total. The Hall–Kier alpha value is -0.193. The van der Waals surface area contributed by atoms with Gasteiger partial charge in [0.2, 0.25) is 0 Å². The third-order valence-corrected chi connectivity index (χ3v) is 5.13. The third-order valence-electron chi connectivity index (χ3n) is 1.51. The predicted octanol–water partition coefficient (Wildman–Crippen LogP) is -2.01. The van der Waals surface area contributed by atoms with E-state index < -0.39 is 0 Å². The molecule has 0 radical (unpaired) electrons. The van der Waals surface area contributed by atoms with Gasteiger partial charge in [0.05, 0.1) is 0 Å². The van der Waals surface area contributed by atoms with E-state index in [-0.39, 0.29) is 5.97 Å². The molecular weight excluding hydrogens is 278 g/mol. The Bertz CT molecular complexity index is 310. The summed E-state index contributed by atoms with van der Waals surface area (Å²) in [4.78, 5) is 11.1. The van der Waals surface area contributed by atoms with Crippen LogP contribution in [0.5, 0.6) is 0 Å². The number of carbonyl (C=O) groups is 1. The van der Waals surface area contributed by atoms with Crippen LogP contribution >= 0.6 is 0 Å². The van der Waals surface area contributed by atoms with Crippen LogP contribution in [0.2, 0.25) is 0 Å². The molecule has 12 heavy (non-hydrogen) atoms. The van der Waals surface area contributed by atoms with Crippen LogP contribution in [0, 0.1) is 0 Å². The van der Waals surface area contributed by atoms with E-state index in [1.54, 1.807) is 22.9 Å². The maximum absolute atomic E-state index is 11.1. The van der Waals surface area contributed by atoms with Gasteiger partial charge in [0.25, 0.3) is 0 Å². The van der Waals surface area contributed by atoms with Crippen LogP contribution in [0.1, 0.15) is 10.4 Å². The van der Waals surface area contributed by atoms with E-state index in [0.717, 1.165) is 0 Å². The summed E-state index contributed by atoms with van der Waals surface area (Å²) in [5.74, 6) is -0.263. The van der Waals surface area contributed by atoms with E-state index in [4.69, 9.17) is 0 Å². The van der Waals surface area contributed by atoms with Gasteiger partial charge in [-0.1, -0.05) is 0 Å². The molecule has 0 fully saturated rings. The summed E-state index contributed by atoms with van der Waals surface area (Å²) < 4.78 is 7.08. The summed E-state index contributed by atoms with van der Waals surface area (Å²) in [6.45, 7) is 0. The fourth-order valence-electron chi connectivity index (χ4n) is 0.820. The van der Waals surface area contributed by atoms with Gasteiger partial charge in [0, 0.05) is 0 Å². The zero-order chi connectivity index (χ0) is 9.14. The first kappa shape index (κ1) is 9.89. The molecule has 1 rings (SSSR count). The number of hydrogen-bond donors (Lipinski definition) is 0. The first-order chi connectivity index (χ1) is 5.65. The van der Waals surface area contributed by atoms with Crippen molar-refractivity contribution in [2.24, 2.45) is 0 Å². The third kappa shape index (κ3) is 2.15. The Morgan fingerprint density at radius 2 is 2.00 bits per heavy atom. The molecule has 0 aliphatic rings. The minimum atomic E-state index is -0.263. The van der Waals surface area contributed by atoms with Gasteiger partial charge in [-0.05, 0) is 0 Å². The van der Waals surface area contributed by atoms with Gasteiger partial charge in [0.15, 0.2) is 0 Å². The Morgan fingerprint density at radius 3 is 2.50 bits per heavy atom. The molecule has 0 aliphatic heterocycles. The molecule has 2 unspecified atom stereocenters. The van der Waals surface area contributed by atoms with Crippen LogP contribution in [-0.2, 0) is 4.74 Å². The van der Waals surface area contributed by atoms with Crippen molar-refractivity contribution in [1.82, 2.24) is 0 Å². The molecule has 0 aliphatic carbocycles. The molecule has 2 nitrogen and oxygen atoms in total. The number of carbonyl (C=O) groups excluding carboxylic acids is 1. The van der Waals surface area contributed by atoms with Crippen LogP contribution in [0.15, 0.2) is 18.2 Å². The second-order valence-electron chi connectivity index (χ2n) is 2.34. The van der Waals surface area contributed by atoms with Crippen LogP contribution in [0.3, 0.4) is 0 Å². The Balaban J connectivity index is 3.05. The van der Waals surface area contributed by atoms with Crippen molar-refractivity contribution in [2.75, 3.05) is 7.11 Å². The van der Waals surface area contributed by atoms with Crippen molar-refractivity contribution in [3.05, 3.63) is 23.8 Å². The molecule has 64 valence electrons. The zero-order valence-electron chi connectivity index (χ0n) is 6.70. The number of ether oxygens (including phenoxy) is 1. The van der Waals surface area contributed by atoms with Gasteiger partial charge in [-0.15, -0.1) is 0 Å². The molecular formula is C8H10As2O2. The number of rotatable bonds is 1. The van der Waals surface area contributed by atoms with Gasteiger partial charge in [-0.2, -0.15) is 0 Å². The summed E-state index contributed by atoms with van der Waals surface area (Å²) in [6.07, 6.45) is 0. The SMILES string of the molecule is COC(=O)c1ccc([AsH2])c([AsH2])c1. The van der Waals surface area contributed by atoms with Gasteiger partial charge < -0.3 is 0 Å². The second-order valence-corrected chi connectivity index (χ2v) is 4.95. The predicted molar refractivity (Wildman–Crippen MR) is 54.1 cm³/mol. The number of benzene rings is 1. The molecule has 0 saturated heterocycles. The summed E-state index contributed by atoms with van der Waals surface area (Å²) in [6, 6.07) is 5.64. The molecule has 2 atom stereocenters. The second kappa shape index (κ2) is 4.16. The molecule has 0 amide bonds. The molecule has 4 heteroatoms. The van der Waals surface area contributed by atoms with Crippen LogP contribution in [-0.4, -0.2) is 46.8 Å². The van der Waals surface area contributed by atoms with Crippen LogP contribution < -0.4 is 8.70 Å². The maximum atomic E-state index is 11.1. The van der Waals surface area contributed by atoms with Crippen molar-refractivity contribution < 1.29 is 9.53 Å². The normalized spacial score (nSPS) is 9.58. The molecule has 1 aromatic rings. The van der Waals surface area contributed by atoms with Crippen molar-refractivity contribution in [3.8, 4) is 0 Å². The van der Waals surface area contributed by atoms with Crippen LogP contribution in [0.25, 0.3) is 0 Å². The van der Waals surface area contributed by atoms with Crippen molar-refractivity contribution in [1.29, 1.82) is 0 Å². The Morgan fingerprint density at radius 1 is 1.33 bits per heavy atom. The molecule has 0 heterocycles. The molecule has 0 aromatic heterocycles. The molecule has 0 saturated carbocycles. The standard InChI is InChI=1S/C8H10As2O2/c1-12-8(11)5-2-3-6(9)7(10)4-5/h2-4H,9-10H2,1H3. The zero-order valence-corrected chi connectivity index (χ0v) is 11.5. The summed E-state index contributed by atoms with van der Waals surface area (Å²) in [5, 5.41) is 0. The Kier molecular flexibility index (Phi) is 3.43. The molecule has 0 bridgehead atoms. The number of esters is 1. The number of hydrogen-bond acceptors (Lipinski definition) is 2. The van der Waals surface area contributed by atoms with E-state index in [1.165, 1.54) is 32.7 Å². The average molecular weight is 288 g/mol. The van der Waals surface area contributed by atoms with Crippen LogP contribution in [0.4, 0.5) is 0 Å². The van der Waals surface area contributed by atoms with Gasteiger partial charge in [0.1, 0.15) is 0 Å². The van der Waals surface area contributed by atoms with E-state index >= 15 is 0 Å². The topological polar surface area (TPSA) is 26.3 Å². The Labute approximate surface area is 88.7 Å². The molecule has 1 aromatic carbocycles. The fraction of sp³-hybridized carbons (Fsp3) is 0.125. The van der Waals surface area contributed by atoms with Gasteiger partial charge >= 0.3 is 88.8 Å². The van der Waals surface area contributed by atoms with Crippen molar-refractivity contribution >= 4 is 48.4 Å². The monoisotopic (exact) mass is 288 g/mol. The van der Waals surface area contributed by atoms with E-state index in [2.05, 4.69) is 4.74 Å². The average Bonchev–Trinajstić information content (AvgIpc) is 2.08. The number of methoxy groups -OCH3 is 1. The first-order valence-electron chi connectivity index (χ1n) is 3.38. The van der Waals surface area contributed by atoms with Gasteiger partial charge in [-0.3, -0.25) is 0 Å². The van der Waals surface area contributed by atoms with E-state index in [0.29, 0.717) is 5.56 Å².